The standard InChI is InChI=1S/C61H75N3O2/c1-13-33-61(11,12)45(10)56(40(5)14-2)60(65)66-55-22-18-17-21-54(55)64-53-32-31-52(50-19-15-16-20-51(50)53)57(46-23-27-48(28-24-46)62-58-41(6)34-38(3)35-42(58)7)47-25-29-49(30-26-47)63-59-43(8)36-39(4)37-44(59)9/h15-16,19-20,23-32,34-37,40,45,54-56,62,64H,13-14,17-18,21-22,33H2,1-12H3. The summed E-state index contributed by atoms with van der Waals surface area (Å²) in [6.45, 7) is 26.5. The Hall–Kier alpha value is -5.68. The van der Waals surface area contributed by atoms with Gasteiger partial charge < -0.3 is 15.4 Å². The highest BCUT2D eigenvalue weighted by Gasteiger charge is 2.41. The molecule has 1 saturated carbocycles. The Bertz CT molecular complexity index is 2610. The summed E-state index contributed by atoms with van der Waals surface area (Å²) in [5.74, 6) is 0.319. The lowest BCUT2D eigenvalue weighted by atomic mass is 9.66. The number of hydrogen-bond acceptors (Lipinski definition) is 5. The number of anilines is 3. The van der Waals surface area contributed by atoms with Crippen LogP contribution in [-0.2, 0) is 9.53 Å². The van der Waals surface area contributed by atoms with Gasteiger partial charge in [-0.05, 0) is 165 Å². The molecule has 5 aromatic rings. The van der Waals surface area contributed by atoms with Crippen LogP contribution in [-0.4, -0.2) is 23.8 Å². The van der Waals surface area contributed by atoms with Gasteiger partial charge in [0, 0.05) is 22.4 Å². The maximum atomic E-state index is 14.3. The summed E-state index contributed by atoms with van der Waals surface area (Å²) in [7, 11) is 0. The van der Waals surface area contributed by atoms with E-state index in [2.05, 4.69) is 203 Å². The van der Waals surface area contributed by atoms with E-state index in [0.29, 0.717) is 0 Å². The molecule has 1 fully saturated rings. The number of nitrogens with one attached hydrogen (secondary N) is 2. The van der Waals surface area contributed by atoms with Gasteiger partial charge in [-0.1, -0.05) is 151 Å². The van der Waals surface area contributed by atoms with Crippen LogP contribution in [0.1, 0.15) is 131 Å². The van der Waals surface area contributed by atoms with Crippen molar-refractivity contribution in [2.24, 2.45) is 28.2 Å². The monoisotopic (exact) mass is 882 g/mol. The van der Waals surface area contributed by atoms with Crippen molar-refractivity contribution in [3.63, 3.8) is 0 Å². The van der Waals surface area contributed by atoms with E-state index < -0.39 is 0 Å². The molecular weight excluding hydrogens is 807 g/mol. The zero-order valence-corrected chi connectivity index (χ0v) is 42.0. The molecule has 346 valence electrons. The Balaban J connectivity index is 1.25. The first-order valence-electron chi connectivity index (χ1n) is 24.8. The second-order valence-electron chi connectivity index (χ2n) is 20.4. The number of esters is 1. The van der Waals surface area contributed by atoms with Crippen LogP contribution < -0.4 is 10.6 Å². The fraction of sp³-hybridized carbons (Fsp3) is 0.410. The van der Waals surface area contributed by atoms with Gasteiger partial charge in [0.25, 0.3) is 0 Å². The molecular formula is C61H75N3O2. The van der Waals surface area contributed by atoms with Crippen molar-refractivity contribution in [2.75, 3.05) is 10.6 Å². The number of hydrogen-bond donors (Lipinski definition) is 2. The number of allylic oxidation sites excluding steroid dienone is 5. The lowest BCUT2D eigenvalue weighted by Gasteiger charge is -2.40. The molecule has 0 amide bonds. The molecule has 5 heteroatoms. The number of benzene rings is 5. The van der Waals surface area contributed by atoms with Gasteiger partial charge in [-0.15, -0.1) is 0 Å². The maximum absolute atomic E-state index is 14.3. The van der Waals surface area contributed by atoms with E-state index in [1.54, 1.807) is 0 Å². The number of carbonyl (C=O) groups is 1. The summed E-state index contributed by atoms with van der Waals surface area (Å²) in [5, 5.41) is 10.00. The zero-order valence-electron chi connectivity index (χ0n) is 42.0. The minimum Gasteiger partial charge on any atom is -0.460 e. The molecule has 0 saturated heterocycles. The number of aliphatic imine (C=N–C) groups is 1. The summed E-state index contributed by atoms with van der Waals surface area (Å²) in [4.78, 5) is 19.5. The van der Waals surface area contributed by atoms with Gasteiger partial charge in [0.15, 0.2) is 0 Å². The summed E-state index contributed by atoms with van der Waals surface area (Å²) in [6.07, 6.45) is 15.7. The average Bonchev–Trinajstić information content (AvgIpc) is 3.28. The first-order valence-corrected chi connectivity index (χ1v) is 24.8. The topological polar surface area (TPSA) is 62.7 Å². The van der Waals surface area contributed by atoms with Crippen LogP contribution in [0, 0.1) is 64.7 Å². The molecule has 2 N–H and O–H groups in total. The van der Waals surface area contributed by atoms with Gasteiger partial charge >= 0.3 is 5.97 Å². The van der Waals surface area contributed by atoms with E-state index in [0.717, 1.165) is 101 Å². The molecule has 66 heavy (non-hydrogen) atoms. The summed E-state index contributed by atoms with van der Waals surface area (Å²) in [5.41, 5.74) is 17.2. The Kier molecular flexibility index (Phi) is 15.3. The predicted molar refractivity (Wildman–Crippen MR) is 283 cm³/mol. The molecule has 0 aliphatic heterocycles. The van der Waals surface area contributed by atoms with Crippen LogP contribution in [0.25, 0.3) is 16.3 Å². The maximum Gasteiger partial charge on any atom is 0.309 e. The van der Waals surface area contributed by atoms with E-state index in [4.69, 9.17) is 9.73 Å². The summed E-state index contributed by atoms with van der Waals surface area (Å²) < 4.78 is 6.66. The van der Waals surface area contributed by atoms with Crippen molar-refractivity contribution in [3.05, 3.63) is 159 Å². The SMILES string of the molecule is CCCC(C)(C)C(C)C(C(=O)OC1CCCCC1Nc1ccc(C(=C2C=CC(=Nc3c(C)cc(C)cc3C)C=C2)c2ccc(Nc3c(C)cc(C)cc3C)cc2)c2ccccc12)C(C)CC. The minimum atomic E-state index is -0.184. The fourth-order valence-electron chi connectivity index (χ4n) is 10.9. The molecule has 0 bridgehead atoms. The van der Waals surface area contributed by atoms with Crippen LogP contribution in [0.4, 0.5) is 22.7 Å². The van der Waals surface area contributed by atoms with Crippen molar-refractivity contribution in [3.8, 4) is 0 Å². The Morgan fingerprint density at radius 2 is 1.36 bits per heavy atom. The van der Waals surface area contributed by atoms with Crippen molar-refractivity contribution < 1.29 is 9.53 Å². The number of ether oxygens (including phenoxy) is 1. The van der Waals surface area contributed by atoms with E-state index >= 15 is 0 Å². The van der Waals surface area contributed by atoms with Crippen molar-refractivity contribution in [1.29, 1.82) is 0 Å². The molecule has 0 heterocycles. The van der Waals surface area contributed by atoms with Crippen LogP contribution in [0.5, 0.6) is 0 Å². The van der Waals surface area contributed by atoms with Crippen LogP contribution in [0.15, 0.2) is 120 Å². The molecule has 2 aliphatic carbocycles. The lowest BCUT2D eigenvalue weighted by Crippen LogP contribution is -2.44. The molecule has 2 aliphatic rings. The molecule has 5 unspecified atom stereocenters. The second-order valence-corrected chi connectivity index (χ2v) is 20.4. The number of nitrogens with zero attached hydrogens (tertiary/aromatic N) is 1. The molecule has 0 radical (unpaired) electrons. The Morgan fingerprint density at radius 3 is 1.98 bits per heavy atom. The van der Waals surface area contributed by atoms with Gasteiger partial charge in [-0.25, -0.2) is 4.99 Å². The predicted octanol–water partition coefficient (Wildman–Crippen LogP) is 16.5. The number of carbonyl (C=O) groups excluding carboxylic acids is 1. The van der Waals surface area contributed by atoms with Gasteiger partial charge in [0.1, 0.15) is 6.10 Å². The molecule has 5 atom stereocenters. The third-order valence-electron chi connectivity index (χ3n) is 14.9. The van der Waals surface area contributed by atoms with Crippen molar-refractivity contribution in [2.45, 2.75) is 140 Å². The van der Waals surface area contributed by atoms with E-state index in [9.17, 15) is 4.79 Å². The minimum absolute atomic E-state index is 0.0208. The van der Waals surface area contributed by atoms with E-state index in [1.165, 1.54) is 38.8 Å². The highest BCUT2D eigenvalue weighted by atomic mass is 16.5. The second kappa shape index (κ2) is 20.9. The highest BCUT2D eigenvalue weighted by Crippen LogP contribution is 2.43. The smallest absolute Gasteiger partial charge is 0.309 e. The Labute approximate surface area is 397 Å². The average molecular weight is 882 g/mol. The summed E-state index contributed by atoms with van der Waals surface area (Å²) in [6, 6.07) is 31.0. The third kappa shape index (κ3) is 10.8. The van der Waals surface area contributed by atoms with Crippen molar-refractivity contribution in [1.82, 2.24) is 0 Å². The third-order valence-corrected chi connectivity index (χ3v) is 14.9. The van der Waals surface area contributed by atoms with Crippen molar-refractivity contribution >= 4 is 50.8 Å². The van der Waals surface area contributed by atoms with Gasteiger partial charge in [0.05, 0.1) is 23.4 Å². The first-order chi connectivity index (χ1) is 31.6. The van der Waals surface area contributed by atoms with Gasteiger partial charge in [-0.3, -0.25) is 4.79 Å². The number of fused-ring (bicyclic) bond motifs is 1. The summed E-state index contributed by atoms with van der Waals surface area (Å²) >= 11 is 0. The van der Waals surface area contributed by atoms with E-state index in [-0.39, 0.29) is 41.3 Å². The van der Waals surface area contributed by atoms with Crippen LogP contribution >= 0.6 is 0 Å². The van der Waals surface area contributed by atoms with Crippen LogP contribution in [0.3, 0.4) is 0 Å². The molecule has 7 rings (SSSR count). The van der Waals surface area contributed by atoms with Gasteiger partial charge in [-0.2, -0.15) is 0 Å². The first kappa shape index (κ1) is 48.3. The molecule has 5 nitrogen and oxygen atoms in total. The fourth-order valence-corrected chi connectivity index (χ4v) is 10.9. The lowest BCUT2D eigenvalue weighted by molar-refractivity contribution is -0.162. The number of aryl methyl sites for hydroxylation is 6. The largest absolute Gasteiger partial charge is 0.460 e. The van der Waals surface area contributed by atoms with Crippen LogP contribution in [0.2, 0.25) is 0 Å². The normalized spacial score (nSPS) is 17.6. The highest BCUT2D eigenvalue weighted by molar-refractivity contribution is 6.10. The van der Waals surface area contributed by atoms with E-state index in [1.807, 2.05) is 0 Å². The molecule has 5 aromatic carbocycles. The number of rotatable bonds is 15. The quantitative estimate of drug-likeness (QED) is 0.103. The van der Waals surface area contributed by atoms with Gasteiger partial charge in [0.2, 0.25) is 0 Å². The molecule has 0 aromatic heterocycles. The Morgan fingerprint density at radius 1 is 0.758 bits per heavy atom. The molecule has 0 spiro atoms. The zero-order chi connectivity index (χ0) is 47.3.